The molecule has 0 atom stereocenters. The Kier molecular flexibility index (Phi) is 3.31. The van der Waals surface area contributed by atoms with E-state index in [1.54, 1.807) is 18.1 Å². The molecule has 0 fully saturated rings. The maximum atomic E-state index is 11.9. The van der Waals surface area contributed by atoms with Crippen LogP contribution in [0.3, 0.4) is 0 Å². The lowest BCUT2D eigenvalue weighted by atomic mass is 10.2. The van der Waals surface area contributed by atoms with Crippen molar-refractivity contribution in [1.29, 1.82) is 0 Å². The summed E-state index contributed by atoms with van der Waals surface area (Å²) >= 11 is 1.37. The number of benzene rings is 1. The van der Waals surface area contributed by atoms with Gasteiger partial charge in [-0.1, -0.05) is 30.3 Å². The van der Waals surface area contributed by atoms with Crippen molar-refractivity contribution in [1.82, 2.24) is 9.88 Å². The summed E-state index contributed by atoms with van der Waals surface area (Å²) in [5.74, 6) is -0.0288. The topological polar surface area (TPSA) is 33.2 Å². The monoisotopic (exact) mass is 232 g/mol. The summed E-state index contributed by atoms with van der Waals surface area (Å²) in [6, 6.07) is 9.91. The van der Waals surface area contributed by atoms with Crippen LogP contribution >= 0.6 is 11.3 Å². The molecule has 0 radical (unpaired) electrons. The Morgan fingerprint density at radius 1 is 1.38 bits per heavy atom. The van der Waals surface area contributed by atoms with E-state index in [1.807, 2.05) is 35.7 Å². The van der Waals surface area contributed by atoms with Gasteiger partial charge < -0.3 is 4.90 Å². The quantitative estimate of drug-likeness (QED) is 0.814. The van der Waals surface area contributed by atoms with Gasteiger partial charge in [0.2, 0.25) is 0 Å². The second-order valence-electron chi connectivity index (χ2n) is 3.48. The zero-order chi connectivity index (χ0) is 11.4. The maximum Gasteiger partial charge on any atom is 0.282 e. The molecule has 0 saturated carbocycles. The van der Waals surface area contributed by atoms with E-state index in [0.717, 1.165) is 5.56 Å². The van der Waals surface area contributed by atoms with Gasteiger partial charge >= 0.3 is 0 Å². The Balaban J connectivity index is 2.04. The summed E-state index contributed by atoms with van der Waals surface area (Å²) in [6.07, 6.45) is 1.65. The molecule has 1 amide bonds. The fourth-order valence-electron chi connectivity index (χ4n) is 1.42. The zero-order valence-electron chi connectivity index (χ0n) is 8.96. The molecule has 1 heterocycles. The highest BCUT2D eigenvalue weighted by Gasteiger charge is 2.13. The van der Waals surface area contributed by atoms with Crippen LogP contribution in [-0.4, -0.2) is 22.8 Å². The number of hydrogen-bond acceptors (Lipinski definition) is 3. The molecule has 1 aromatic carbocycles. The first-order chi connectivity index (χ1) is 7.77. The molecule has 82 valence electrons. The maximum absolute atomic E-state index is 11.9. The molecule has 0 spiro atoms. The van der Waals surface area contributed by atoms with Crippen LogP contribution in [-0.2, 0) is 6.54 Å². The molecule has 4 heteroatoms. The lowest BCUT2D eigenvalue weighted by Gasteiger charge is -2.15. The van der Waals surface area contributed by atoms with Gasteiger partial charge in [0.05, 0.1) is 0 Å². The third-order valence-electron chi connectivity index (χ3n) is 2.22. The third kappa shape index (κ3) is 2.46. The van der Waals surface area contributed by atoms with Gasteiger partial charge in [-0.2, -0.15) is 0 Å². The standard InChI is InChI=1S/C12H12N2OS/c1-14(9-10-5-3-2-4-6-10)12(15)11-13-7-8-16-11/h2-8H,9H2,1H3. The molecule has 16 heavy (non-hydrogen) atoms. The number of amides is 1. The molecule has 0 aliphatic rings. The summed E-state index contributed by atoms with van der Waals surface area (Å²) < 4.78 is 0. The highest BCUT2D eigenvalue weighted by molar-refractivity contribution is 7.11. The Morgan fingerprint density at radius 3 is 2.75 bits per heavy atom. The molecule has 0 bridgehead atoms. The molecule has 2 rings (SSSR count). The first kappa shape index (κ1) is 10.8. The van der Waals surface area contributed by atoms with Crippen LogP contribution in [0.15, 0.2) is 41.9 Å². The van der Waals surface area contributed by atoms with E-state index in [1.165, 1.54) is 11.3 Å². The second-order valence-corrected chi connectivity index (χ2v) is 4.38. The summed E-state index contributed by atoms with van der Waals surface area (Å²) in [6.45, 7) is 0.610. The predicted molar refractivity (Wildman–Crippen MR) is 64.4 cm³/mol. The Bertz CT molecular complexity index is 453. The minimum Gasteiger partial charge on any atom is -0.335 e. The van der Waals surface area contributed by atoms with Crippen molar-refractivity contribution < 1.29 is 4.79 Å². The molecule has 0 aliphatic heterocycles. The van der Waals surface area contributed by atoms with Crippen molar-refractivity contribution in [2.24, 2.45) is 0 Å². The van der Waals surface area contributed by atoms with Crippen LogP contribution in [0, 0.1) is 0 Å². The van der Waals surface area contributed by atoms with E-state index in [9.17, 15) is 4.79 Å². The molecular formula is C12H12N2OS. The van der Waals surface area contributed by atoms with Gasteiger partial charge in [0.15, 0.2) is 5.01 Å². The smallest absolute Gasteiger partial charge is 0.282 e. The third-order valence-corrected chi connectivity index (χ3v) is 2.99. The fourth-order valence-corrected chi connectivity index (χ4v) is 2.05. The summed E-state index contributed by atoms with van der Waals surface area (Å²) in [4.78, 5) is 17.6. The zero-order valence-corrected chi connectivity index (χ0v) is 9.78. The van der Waals surface area contributed by atoms with Crippen LogP contribution in [0.4, 0.5) is 0 Å². The van der Waals surface area contributed by atoms with Gasteiger partial charge in [-0.05, 0) is 5.56 Å². The van der Waals surface area contributed by atoms with E-state index in [-0.39, 0.29) is 5.91 Å². The average molecular weight is 232 g/mol. The van der Waals surface area contributed by atoms with Crippen molar-refractivity contribution in [3.8, 4) is 0 Å². The van der Waals surface area contributed by atoms with E-state index in [2.05, 4.69) is 4.98 Å². The summed E-state index contributed by atoms with van der Waals surface area (Å²) in [5, 5.41) is 2.35. The average Bonchev–Trinajstić information content (AvgIpc) is 2.83. The first-order valence-corrected chi connectivity index (χ1v) is 5.84. The van der Waals surface area contributed by atoms with Crippen LogP contribution in [0.25, 0.3) is 0 Å². The van der Waals surface area contributed by atoms with E-state index < -0.39 is 0 Å². The number of nitrogens with zero attached hydrogens (tertiary/aromatic N) is 2. The van der Waals surface area contributed by atoms with Crippen molar-refractivity contribution in [3.63, 3.8) is 0 Å². The number of hydrogen-bond donors (Lipinski definition) is 0. The number of carbonyl (C=O) groups excluding carboxylic acids is 1. The van der Waals surface area contributed by atoms with Gasteiger partial charge in [0.1, 0.15) is 0 Å². The van der Waals surface area contributed by atoms with Gasteiger partial charge in [-0.3, -0.25) is 4.79 Å². The molecule has 2 aromatic rings. The number of thiazole rings is 1. The number of rotatable bonds is 3. The second kappa shape index (κ2) is 4.90. The van der Waals surface area contributed by atoms with E-state index in [0.29, 0.717) is 11.6 Å². The number of carbonyl (C=O) groups is 1. The van der Waals surface area contributed by atoms with Crippen molar-refractivity contribution >= 4 is 17.2 Å². The van der Waals surface area contributed by atoms with Crippen LogP contribution in [0.1, 0.15) is 15.4 Å². The Hall–Kier alpha value is -1.68. The highest BCUT2D eigenvalue weighted by Crippen LogP contribution is 2.10. The lowest BCUT2D eigenvalue weighted by molar-refractivity contribution is 0.0784. The molecule has 0 unspecified atom stereocenters. The molecule has 0 saturated heterocycles. The molecular weight excluding hydrogens is 220 g/mol. The van der Waals surface area contributed by atoms with Gasteiger partial charge in [-0.25, -0.2) is 4.98 Å². The Morgan fingerprint density at radius 2 is 2.12 bits per heavy atom. The lowest BCUT2D eigenvalue weighted by Crippen LogP contribution is -2.25. The predicted octanol–water partition coefficient (Wildman–Crippen LogP) is 2.42. The minimum absolute atomic E-state index is 0.0288. The van der Waals surface area contributed by atoms with Crippen LogP contribution in [0.2, 0.25) is 0 Å². The minimum atomic E-state index is -0.0288. The van der Waals surface area contributed by atoms with Crippen molar-refractivity contribution in [2.75, 3.05) is 7.05 Å². The van der Waals surface area contributed by atoms with Crippen LogP contribution < -0.4 is 0 Å². The van der Waals surface area contributed by atoms with Gasteiger partial charge in [0.25, 0.3) is 5.91 Å². The molecule has 3 nitrogen and oxygen atoms in total. The fraction of sp³-hybridized carbons (Fsp3) is 0.167. The highest BCUT2D eigenvalue weighted by atomic mass is 32.1. The van der Waals surface area contributed by atoms with Crippen molar-refractivity contribution in [3.05, 3.63) is 52.5 Å². The number of aromatic nitrogens is 1. The summed E-state index contributed by atoms with van der Waals surface area (Å²) in [5.41, 5.74) is 1.12. The van der Waals surface area contributed by atoms with Gasteiger partial charge in [0, 0.05) is 25.2 Å². The Labute approximate surface area is 98.4 Å². The first-order valence-electron chi connectivity index (χ1n) is 4.96. The normalized spacial score (nSPS) is 10.1. The molecule has 0 aliphatic carbocycles. The van der Waals surface area contributed by atoms with Gasteiger partial charge in [-0.15, -0.1) is 11.3 Å². The van der Waals surface area contributed by atoms with Crippen molar-refractivity contribution in [2.45, 2.75) is 6.54 Å². The molecule has 1 aromatic heterocycles. The van der Waals surface area contributed by atoms with E-state index in [4.69, 9.17) is 0 Å². The molecule has 0 N–H and O–H groups in total. The van der Waals surface area contributed by atoms with Crippen LogP contribution in [0.5, 0.6) is 0 Å². The SMILES string of the molecule is CN(Cc1ccccc1)C(=O)c1nccs1. The van der Waals surface area contributed by atoms with E-state index >= 15 is 0 Å². The largest absolute Gasteiger partial charge is 0.335 e. The summed E-state index contributed by atoms with van der Waals surface area (Å²) in [7, 11) is 1.79.